The molecule has 0 heterocycles. The van der Waals surface area contributed by atoms with Crippen molar-refractivity contribution in [3.63, 3.8) is 0 Å². The molecule has 1 aromatic carbocycles. The van der Waals surface area contributed by atoms with Crippen LogP contribution >= 0.6 is 19.2 Å². The lowest BCUT2D eigenvalue weighted by molar-refractivity contribution is -0.147. The zero-order valence-electron chi connectivity index (χ0n) is 17.6. The molecule has 0 radical (unpaired) electrons. The standard InChI is InChI=1S/C23H41O2PS/c1-3-5-19-24-23(25-20-6-4-2)18-14-9-7-8-10-15-21-27-26-22-16-12-11-13-17-22/h11-13,16-17,23,26H,3-10,14-15,18-21H2,1-2H3. The fourth-order valence-electron chi connectivity index (χ4n) is 2.77. The highest BCUT2D eigenvalue weighted by molar-refractivity contribution is 8.51. The van der Waals surface area contributed by atoms with Gasteiger partial charge in [0.15, 0.2) is 6.29 Å². The van der Waals surface area contributed by atoms with Crippen LogP contribution in [0.1, 0.15) is 84.5 Å². The second kappa shape index (κ2) is 19.2. The second-order valence-corrected chi connectivity index (χ2v) is 10.1. The zero-order valence-corrected chi connectivity index (χ0v) is 19.4. The van der Waals surface area contributed by atoms with E-state index in [-0.39, 0.29) is 6.29 Å². The molecular weight excluding hydrogens is 371 g/mol. The number of hydrogen-bond acceptors (Lipinski definition) is 3. The van der Waals surface area contributed by atoms with Crippen LogP contribution in [0.25, 0.3) is 0 Å². The summed E-state index contributed by atoms with van der Waals surface area (Å²) in [5.41, 5.74) is 0. The molecule has 27 heavy (non-hydrogen) atoms. The monoisotopic (exact) mass is 412 g/mol. The van der Waals surface area contributed by atoms with Crippen molar-refractivity contribution in [2.45, 2.75) is 90.8 Å². The first-order chi connectivity index (χ1) is 13.4. The molecule has 0 N–H and O–H groups in total. The molecule has 0 aliphatic carbocycles. The lowest BCUT2D eigenvalue weighted by Gasteiger charge is -2.18. The number of unbranched alkanes of at least 4 members (excludes halogenated alkanes) is 7. The van der Waals surface area contributed by atoms with Gasteiger partial charge in [-0.15, -0.1) is 11.4 Å². The molecule has 1 rings (SSSR count). The first-order valence-electron chi connectivity index (χ1n) is 11.0. The maximum Gasteiger partial charge on any atom is 0.157 e. The van der Waals surface area contributed by atoms with Gasteiger partial charge in [0.25, 0.3) is 0 Å². The van der Waals surface area contributed by atoms with Gasteiger partial charge in [0.05, 0.1) is 0 Å². The van der Waals surface area contributed by atoms with Crippen molar-refractivity contribution in [2.75, 3.05) is 19.0 Å². The Bertz CT molecular complexity index is 406. The minimum atomic E-state index is 0.0264. The van der Waals surface area contributed by atoms with Gasteiger partial charge in [-0.1, -0.05) is 82.7 Å². The zero-order chi connectivity index (χ0) is 19.4. The molecule has 1 aromatic rings. The molecule has 0 aliphatic rings. The predicted molar refractivity (Wildman–Crippen MR) is 125 cm³/mol. The van der Waals surface area contributed by atoms with Gasteiger partial charge in [-0.2, -0.15) is 0 Å². The summed E-state index contributed by atoms with van der Waals surface area (Å²) in [5, 5.41) is 1.47. The van der Waals surface area contributed by atoms with E-state index >= 15 is 0 Å². The average molecular weight is 413 g/mol. The molecule has 0 amide bonds. The first kappa shape index (κ1) is 25.0. The van der Waals surface area contributed by atoms with Crippen LogP contribution in [0, 0.1) is 0 Å². The maximum atomic E-state index is 5.91. The third-order valence-electron chi connectivity index (χ3n) is 4.50. The molecule has 0 saturated heterocycles. The van der Waals surface area contributed by atoms with Crippen molar-refractivity contribution >= 4 is 24.5 Å². The highest BCUT2D eigenvalue weighted by Gasteiger charge is 2.08. The van der Waals surface area contributed by atoms with Crippen LogP contribution in [0.2, 0.25) is 0 Å². The Morgan fingerprint density at radius 1 is 0.778 bits per heavy atom. The van der Waals surface area contributed by atoms with E-state index in [4.69, 9.17) is 9.47 Å². The SMILES string of the molecule is CCCCOC(CCCCCCCCSPc1ccccc1)OCCCC. The highest BCUT2D eigenvalue weighted by atomic mass is 32.7. The molecule has 2 nitrogen and oxygen atoms in total. The Kier molecular flexibility index (Phi) is 17.8. The van der Waals surface area contributed by atoms with Gasteiger partial charge in [-0.25, -0.2) is 0 Å². The number of hydrogen-bond donors (Lipinski definition) is 0. The van der Waals surface area contributed by atoms with Crippen LogP contribution in [-0.4, -0.2) is 25.3 Å². The van der Waals surface area contributed by atoms with Gasteiger partial charge >= 0.3 is 0 Å². The summed E-state index contributed by atoms with van der Waals surface area (Å²) in [6.45, 7) is 6.09. The summed E-state index contributed by atoms with van der Waals surface area (Å²) in [6, 6.07) is 10.8. The van der Waals surface area contributed by atoms with E-state index in [0.717, 1.165) is 40.3 Å². The van der Waals surface area contributed by atoms with Crippen LogP contribution in [0.4, 0.5) is 0 Å². The van der Waals surface area contributed by atoms with Crippen LogP contribution in [-0.2, 0) is 9.47 Å². The van der Waals surface area contributed by atoms with Crippen molar-refractivity contribution in [3.05, 3.63) is 30.3 Å². The van der Waals surface area contributed by atoms with Crippen LogP contribution in [0.3, 0.4) is 0 Å². The Balaban J connectivity index is 1.93. The van der Waals surface area contributed by atoms with Gasteiger partial charge < -0.3 is 9.47 Å². The summed E-state index contributed by atoms with van der Waals surface area (Å²) >= 11 is 2.09. The fourth-order valence-corrected chi connectivity index (χ4v) is 5.36. The average Bonchev–Trinajstić information content (AvgIpc) is 2.70. The Morgan fingerprint density at radius 2 is 1.37 bits per heavy atom. The van der Waals surface area contributed by atoms with E-state index < -0.39 is 0 Å². The topological polar surface area (TPSA) is 18.5 Å². The first-order valence-corrected chi connectivity index (χ1v) is 13.7. The minimum absolute atomic E-state index is 0.0264. The molecule has 0 fully saturated rings. The summed E-state index contributed by atoms with van der Waals surface area (Å²) in [5.74, 6) is 1.30. The van der Waals surface area contributed by atoms with Crippen molar-refractivity contribution in [2.24, 2.45) is 0 Å². The Morgan fingerprint density at radius 3 is 2.00 bits per heavy atom. The molecule has 1 unspecified atom stereocenters. The molecule has 156 valence electrons. The quantitative estimate of drug-likeness (QED) is 0.135. The van der Waals surface area contributed by atoms with Gasteiger partial charge in [-0.05, 0) is 50.9 Å². The second-order valence-electron chi connectivity index (χ2n) is 7.10. The molecule has 0 aliphatic heterocycles. The highest BCUT2D eigenvalue weighted by Crippen LogP contribution is 2.29. The number of rotatable bonds is 19. The van der Waals surface area contributed by atoms with E-state index in [9.17, 15) is 0 Å². The summed E-state index contributed by atoms with van der Waals surface area (Å²) in [7, 11) is 0.901. The Hall–Kier alpha value is -0.0800. The molecule has 0 bridgehead atoms. The third kappa shape index (κ3) is 15.5. The minimum Gasteiger partial charge on any atom is -0.353 e. The van der Waals surface area contributed by atoms with Gasteiger partial charge in [0.2, 0.25) is 0 Å². The molecule has 1 atom stereocenters. The molecular formula is C23H41O2PS. The number of ether oxygens (including phenoxy) is 2. The lowest BCUT2D eigenvalue weighted by atomic mass is 10.1. The van der Waals surface area contributed by atoms with Crippen molar-refractivity contribution in [1.29, 1.82) is 0 Å². The van der Waals surface area contributed by atoms with Crippen LogP contribution < -0.4 is 5.30 Å². The summed E-state index contributed by atoms with van der Waals surface area (Å²) in [6.07, 6.45) is 13.7. The smallest absolute Gasteiger partial charge is 0.157 e. The van der Waals surface area contributed by atoms with Gasteiger partial charge in [0, 0.05) is 13.2 Å². The van der Waals surface area contributed by atoms with Crippen LogP contribution in [0.5, 0.6) is 0 Å². The summed E-state index contributed by atoms with van der Waals surface area (Å²) < 4.78 is 11.8. The van der Waals surface area contributed by atoms with E-state index in [2.05, 4.69) is 55.6 Å². The molecule has 4 heteroatoms. The van der Waals surface area contributed by atoms with E-state index in [1.165, 1.54) is 62.4 Å². The predicted octanol–water partition coefficient (Wildman–Crippen LogP) is 7.33. The molecule has 0 spiro atoms. The molecule has 0 aromatic heterocycles. The largest absolute Gasteiger partial charge is 0.353 e. The van der Waals surface area contributed by atoms with E-state index in [1.807, 2.05) is 0 Å². The fraction of sp³-hybridized carbons (Fsp3) is 0.739. The van der Waals surface area contributed by atoms with Gasteiger partial charge in [0.1, 0.15) is 0 Å². The van der Waals surface area contributed by atoms with E-state index in [0.29, 0.717) is 0 Å². The number of benzene rings is 1. The van der Waals surface area contributed by atoms with Crippen molar-refractivity contribution < 1.29 is 9.47 Å². The maximum absolute atomic E-state index is 5.91. The third-order valence-corrected chi connectivity index (χ3v) is 7.46. The van der Waals surface area contributed by atoms with Crippen LogP contribution in [0.15, 0.2) is 30.3 Å². The lowest BCUT2D eigenvalue weighted by Crippen LogP contribution is -2.18. The summed E-state index contributed by atoms with van der Waals surface area (Å²) in [4.78, 5) is 0. The van der Waals surface area contributed by atoms with Crippen molar-refractivity contribution in [3.8, 4) is 0 Å². The van der Waals surface area contributed by atoms with E-state index in [1.54, 1.807) is 0 Å². The molecule has 0 saturated carbocycles. The normalized spacial score (nSPS) is 11.8. The van der Waals surface area contributed by atoms with Gasteiger partial charge in [-0.3, -0.25) is 0 Å². The van der Waals surface area contributed by atoms with Crippen molar-refractivity contribution in [1.82, 2.24) is 0 Å². The Labute approximate surface area is 174 Å².